The number of amides is 2. The van der Waals surface area contributed by atoms with Gasteiger partial charge in [0.05, 0.1) is 5.25 Å². The van der Waals surface area contributed by atoms with Crippen molar-refractivity contribution in [2.24, 2.45) is 0 Å². The van der Waals surface area contributed by atoms with Crippen molar-refractivity contribution in [2.75, 3.05) is 26.2 Å². The second-order valence-electron chi connectivity index (χ2n) is 7.21. The highest BCUT2D eigenvalue weighted by Gasteiger charge is 2.45. The summed E-state index contributed by atoms with van der Waals surface area (Å²) >= 11 is 0. The van der Waals surface area contributed by atoms with Crippen LogP contribution in [-0.4, -0.2) is 71.8 Å². The Balaban J connectivity index is 1.49. The molecule has 3 fully saturated rings. The van der Waals surface area contributed by atoms with Crippen LogP contribution < -0.4 is 0 Å². The number of carbonyl (C=O) groups excluding carboxylic acids is 2. The smallest absolute Gasteiger partial charge is 0.246 e. The van der Waals surface area contributed by atoms with Crippen molar-refractivity contribution in [2.45, 2.75) is 37.1 Å². The molecule has 0 N–H and O–H groups in total. The summed E-state index contributed by atoms with van der Waals surface area (Å²) in [5.41, 5.74) is 0.980. The molecule has 8 heteroatoms. The molecular formula is C18H23N3O4S. The Labute approximate surface area is 153 Å². The van der Waals surface area contributed by atoms with Crippen LogP contribution in [0.3, 0.4) is 0 Å². The summed E-state index contributed by atoms with van der Waals surface area (Å²) < 4.78 is 26.5. The van der Waals surface area contributed by atoms with E-state index in [0.29, 0.717) is 38.9 Å². The fraction of sp³-hybridized carbons (Fsp3) is 0.556. The maximum absolute atomic E-state index is 12.9. The minimum absolute atomic E-state index is 0.0552. The minimum Gasteiger partial charge on any atom is -0.328 e. The summed E-state index contributed by atoms with van der Waals surface area (Å²) in [6.45, 7) is 1.34. The summed E-state index contributed by atoms with van der Waals surface area (Å²) in [6, 6.07) is 9.03. The summed E-state index contributed by atoms with van der Waals surface area (Å²) in [4.78, 5) is 28.7. The molecule has 2 amide bonds. The highest BCUT2D eigenvalue weighted by molar-refractivity contribution is 7.90. The zero-order chi connectivity index (χ0) is 18.3. The van der Waals surface area contributed by atoms with Gasteiger partial charge in [-0.3, -0.25) is 9.59 Å². The molecule has 2 aliphatic heterocycles. The fourth-order valence-electron chi connectivity index (χ4n) is 3.78. The van der Waals surface area contributed by atoms with Gasteiger partial charge in [-0.05, 0) is 24.8 Å². The molecule has 0 spiro atoms. The van der Waals surface area contributed by atoms with Crippen molar-refractivity contribution in [3.05, 3.63) is 35.9 Å². The molecule has 1 aromatic carbocycles. The summed E-state index contributed by atoms with van der Waals surface area (Å²) in [5.74, 6) is -0.185. The third-order valence-corrected chi connectivity index (χ3v) is 7.78. The van der Waals surface area contributed by atoms with Gasteiger partial charge in [0.15, 0.2) is 0 Å². The number of nitrogens with zero attached hydrogens (tertiary/aromatic N) is 3. The van der Waals surface area contributed by atoms with Gasteiger partial charge in [-0.25, -0.2) is 8.42 Å². The van der Waals surface area contributed by atoms with Gasteiger partial charge in [-0.2, -0.15) is 4.31 Å². The zero-order valence-corrected chi connectivity index (χ0v) is 15.4. The number of sulfonamides is 1. The van der Waals surface area contributed by atoms with Crippen molar-refractivity contribution in [3.8, 4) is 0 Å². The molecule has 3 aliphatic rings. The Hall–Kier alpha value is -1.93. The Morgan fingerprint density at radius 3 is 2.38 bits per heavy atom. The first kappa shape index (κ1) is 17.5. The molecule has 26 heavy (non-hydrogen) atoms. The molecule has 0 bridgehead atoms. The predicted molar refractivity (Wildman–Crippen MR) is 95.5 cm³/mol. The molecule has 0 radical (unpaired) electrons. The molecule has 1 unspecified atom stereocenters. The van der Waals surface area contributed by atoms with E-state index in [1.54, 1.807) is 9.80 Å². The Kier molecular flexibility index (Phi) is 4.48. The largest absolute Gasteiger partial charge is 0.328 e. The molecule has 4 rings (SSSR count). The van der Waals surface area contributed by atoms with Gasteiger partial charge in [0, 0.05) is 26.2 Å². The van der Waals surface area contributed by atoms with E-state index in [-0.39, 0.29) is 30.2 Å². The number of hydrogen-bond donors (Lipinski definition) is 0. The quantitative estimate of drug-likeness (QED) is 0.762. The van der Waals surface area contributed by atoms with Gasteiger partial charge >= 0.3 is 0 Å². The maximum Gasteiger partial charge on any atom is 0.246 e. The summed E-state index contributed by atoms with van der Waals surface area (Å²) in [6.07, 6.45) is 1.80. The second-order valence-corrected chi connectivity index (χ2v) is 9.43. The summed E-state index contributed by atoms with van der Waals surface area (Å²) in [5, 5.41) is -0.265. The van der Waals surface area contributed by atoms with E-state index < -0.39 is 16.1 Å². The van der Waals surface area contributed by atoms with Crippen LogP contribution in [0.1, 0.15) is 24.8 Å². The van der Waals surface area contributed by atoms with Crippen LogP contribution in [0.4, 0.5) is 0 Å². The van der Waals surface area contributed by atoms with E-state index in [4.69, 9.17) is 0 Å². The number of fused-ring (bicyclic) bond motifs is 1. The molecule has 0 aromatic heterocycles. The van der Waals surface area contributed by atoms with Crippen LogP contribution in [-0.2, 0) is 26.2 Å². The van der Waals surface area contributed by atoms with E-state index >= 15 is 0 Å². The summed E-state index contributed by atoms with van der Waals surface area (Å²) in [7, 11) is -3.28. The van der Waals surface area contributed by atoms with Crippen LogP contribution in [0.5, 0.6) is 0 Å². The van der Waals surface area contributed by atoms with Crippen LogP contribution in [0, 0.1) is 0 Å². The maximum atomic E-state index is 12.9. The highest BCUT2D eigenvalue weighted by atomic mass is 32.2. The Morgan fingerprint density at radius 2 is 1.69 bits per heavy atom. The van der Waals surface area contributed by atoms with Gasteiger partial charge in [0.2, 0.25) is 21.8 Å². The molecule has 2 heterocycles. The van der Waals surface area contributed by atoms with E-state index in [0.717, 1.165) is 5.56 Å². The average Bonchev–Trinajstić information content (AvgIpc) is 3.46. The van der Waals surface area contributed by atoms with Gasteiger partial charge < -0.3 is 9.80 Å². The normalized spacial score (nSPS) is 25.2. The number of rotatable bonds is 4. The molecule has 7 nitrogen and oxygen atoms in total. The Bertz CT molecular complexity index is 807. The average molecular weight is 377 g/mol. The van der Waals surface area contributed by atoms with E-state index in [2.05, 4.69) is 0 Å². The third kappa shape index (κ3) is 3.23. The lowest BCUT2D eigenvalue weighted by Crippen LogP contribution is -2.59. The van der Waals surface area contributed by atoms with Crippen LogP contribution >= 0.6 is 0 Å². The van der Waals surface area contributed by atoms with Gasteiger partial charge in [-0.15, -0.1) is 0 Å². The molecule has 1 saturated carbocycles. The first-order valence-corrected chi connectivity index (χ1v) is 10.6. The van der Waals surface area contributed by atoms with Gasteiger partial charge in [-0.1, -0.05) is 30.3 Å². The van der Waals surface area contributed by atoms with Crippen LogP contribution in [0.25, 0.3) is 0 Å². The molecule has 140 valence electrons. The first-order chi connectivity index (χ1) is 12.5. The van der Waals surface area contributed by atoms with Gasteiger partial charge in [0.1, 0.15) is 12.6 Å². The molecule has 1 atom stereocenters. The SMILES string of the molecule is O=C1C2CCN(S(=O)(=O)C3CC3)CCN2C(=O)CN1Cc1ccccc1. The number of hydrogen-bond acceptors (Lipinski definition) is 4. The first-order valence-electron chi connectivity index (χ1n) is 9.08. The van der Waals surface area contributed by atoms with Crippen molar-refractivity contribution in [1.29, 1.82) is 0 Å². The van der Waals surface area contributed by atoms with Crippen LogP contribution in [0.15, 0.2) is 30.3 Å². The van der Waals surface area contributed by atoms with Crippen molar-refractivity contribution < 1.29 is 18.0 Å². The van der Waals surface area contributed by atoms with Gasteiger partial charge in [0.25, 0.3) is 0 Å². The topological polar surface area (TPSA) is 78.0 Å². The standard InChI is InChI=1S/C18H23N3O4S/c22-17-13-19(12-14-4-2-1-3-5-14)18(23)16-8-9-20(10-11-21(16)17)26(24,25)15-6-7-15/h1-5,15-16H,6-13H2. The van der Waals surface area contributed by atoms with Crippen molar-refractivity contribution in [1.82, 2.24) is 14.1 Å². The van der Waals surface area contributed by atoms with Crippen molar-refractivity contribution >= 4 is 21.8 Å². The minimum atomic E-state index is -3.28. The number of carbonyl (C=O) groups is 2. The molecular weight excluding hydrogens is 354 g/mol. The fourth-order valence-corrected chi connectivity index (χ4v) is 5.63. The molecule has 1 aliphatic carbocycles. The van der Waals surface area contributed by atoms with E-state index in [1.807, 2.05) is 30.3 Å². The second kappa shape index (κ2) is 6.66. The molecule has 2 saturated heterocycles. The lowest BCUT2D eigenvalue weighted by molar-refractivity contribution is -0.156. The van der Waals surface area contributed by atoms with Crippen LogP contribution in [0.2, 0.25) is 0 Å². The monoisotopic (exact) mass is 377 g/mol. The lowest BCUT2D eigenvalue weighted by atomic mass is 10.1. The number of benzene rings is 1. The Morgan fingerprint density at radius 1 is 0.962 bits per heavy atom. The predicted octanol–water partition coefficient (Wildman–Crippen LogP) is 0.424. The van der Waals surface area contributed by atoms with E-state index in [9.17, 15) is 18.0 Å². The highest BCUT2D eigenvalue weighted by Crippen LogP contribution is 2.32. The molecule has 1 aromatic rings. The number of piperazine rings is 1. The zero-order valence-electron chi connectivity index (χ0n) is 14.6. The lowest BCUT2D eigenvalue weighted by Gasteiger charge is -2.39. The third-order valence-electron chi connectivity index (χ3n) is 5.38. The van der Waals surface area contributed by atoms with E-state index in [1.165, 1.54) is 4.31 Å². The van der Waals surface area contributed by atoms with Crippen molar-refractivity contribution in [3.63, 3.8) is 0 Å².